The molecule has 3 rings (SSSR count). The molecule has 1 aromatic carbocycles. The van der Waals surface area contributed by atoms with Crippen molar-refractivity contribution in [3.05, 3.63) is 30.6 Å². The number of nitrogens with zero attached hydrogens (tertiary/aromatic N) is 3. The van der Waals surface area contributed by atoms with Crippen LogP contribution in [0.25, 0.3) is 11.0 Å². The van der Waals surface area contributed by atoms with E-state index >= 15 is 0 Å². The van der Waals surface area contributed by atoms with E-state index in [1.54, 1.807) is 0 Å². The Morgan fingerprint density at radius 1 is 1.00 bits per heavy atom. The van der Waals surface area contributed by atoms with Gasteiger partial charge in [0.25, 0.3) is 0 Å². The molecule has 1 saturated heterocycles. The normalized spacial score (nSPS) is 18.4. The standard InChI is InChI=1S/C14H19N3/c1-2-6-10-16(9-5-1)12-17-11-15-13-7-3-4-8-14(13)17/h3-4,7-8,11H,1-2,5-6,9-10,12H2. The minimum Gasteiger partial charge on any atom is -0.317 e. The first-order chi connectivity index (χ1) is 8.43. The molecule has 3 nitrogen and oxygen atoms in total. The van der Waals surface area contributed by atoms with Crippen LogP contribution in [0.2, 0.25) is 0 Å². The minimum absolute atomic E-state index is 0.987. The van der Waals surface area contributed by atoms with Crippen molar-refractivity contribution in [2.24, 2.45) is 0 Å². The predicted molar refractivity (Wildman–Crippen MR) is 69.8 cm³/mol. The van der Waals surface area contributed by atoms with Crippen molar-refractivity contribution in [2.75, 3.05) is 13.1 Å². The van der Waals surface area contributed by atoms with Crippen LogP contribution in [-0.4, -0.2) is 27.5 Å². The summed E-state index contributed by atoms with van der Waals surface area (Å²) in [4.78, 5) is 6.99. The van der Waals surface area contributed by atoms with Gasteiger partial charge < -0.3 is 4.57 Å². The fourth-order valence-electron chi connectivity index (χ4n) is 2.62. The molecule has 1 fully saturated rings. The molecule has 1 aromatic heterocycles. The van der Waals surface area contributed by atoms with E-state index in [-0.39, 0.29) is 0 Å². The van der Waals surface area contributed by atoms with Crippen LogP contribution in [0.4, 0.5) is 0 Å². The Morgan fingerprint density at radius 3 is 2.59 bits per heavy atom. The molecule has 0 amide bonds. The molecule has 2 aromatic rings. The molecule has 0 N–H and O–H groups in total. The van der Waals surface area contributed by atoms with Crippen LogP contribution in [0, 0.1) is 0 Å². The molecule has 0 spiro atoms. The van der Waals surface area contributed by atoms with Crippen LogP contribution in [0.5, 0.6) is 0 Å². The number of hydrogen-bond donors (Lipinski definition) is 0. The fraction of sp³-hybridized carbons (Fsp3) is 0.500. The van der Waals surface area contributed by atoms with Gasteiger partial charge in [-0.1, -0.05) is 25.0 Å². The van der Waals surface area contributed by atoms with Crippen LogP contribution < -0.4 is 0 Å². The quantitative estimate of drug-likeness (QED) is 0.789. The SMILES string of the molecule is c1ccc2c(c1)ncn2CN1CCCCCC1. The largest absolute Gasteiger partial charge is 0.317 e. The number of hydrogen-bond acceptors (Lipinski definition) is 2. The molecule has 1 aliphatic heterocycles. The smallest absolute Gasteiger partial charge is 0.0969 e. The van der Waals surface area contributed by atoms with Crippen molar-refractivity contribution in [1.29, 1.82) is 0 Å². The van der Waals surface area contributed by atoms with Crippen molar-refractivity contribution >= 4 is 11.0 Å². The maximum absolute atomic E-state index is 4.44. The zero-order valence-electron chi connectivity index (χ0n) is 10.2. The summed E-state index contributed by atoms with van der Waals surface area (Å²) in [7, 11) is 0. The van der Waals surface area contributed by atoms with Gasteiger partial charge in [-0.05, 0) is 38.1 Å². The molecule has 2 heterocycles. The molecule has 0 bridgehead atoms. The van der Waals surface area contributed by atoms with Crippen LogP contribution in [-0.2, 0) is 6.67 Å². The number of likely N-dealkylation sites (tertiary alicyclic amines) is 1. The van der Waals surface area contributed by atoms with Gasteiger partial charge >= 0.3 is 0 Å². The Labute approximate surface area is 102 Å². The first-order valence-electron chi connectivity index (χ1n) is 6.56. The zero-order chi connectivity index (χ0) is 11.5. The summed E-state index contributed by atoms with van der Waals surface area (Å²) in [5, 5.41) is 0. The lowest BCUT2D eigenvalue weighted by atomic mass is 10.2. The first-order valence-corrected chi connectivity index (χ1v) is 6.56. The summed E-state index contributed by atoms with van der Waals surface area (Å²) < 4.78 is 2.26. The highest BCUT2D eigenvalue weighted by Crippen LogP contribution is 2.15. The summed E-state index contributed by atoms with van der Waals surface area (Å²) in [5.41, 5.74) is 2.35. The monoisotopic (exact) mass is 229 g/mol. The molecule has 0 atom stereocenters. The Balaban J connectivity index is 1.79. The topological polar surface area (TPSA) is 21.1 Å². The Hall–Kier alpha value is -1.35. The number of rotatable bonds is 2. The van der Waals surface area contributed by atoms with Crippen molar-refractivity contribution in [3.8, 4) is 0 Å². The molecule has 1 aliphatic rings. The van der Waals surface area contributed by atoms with Gasteiger partial charge in [0.15, 0.2) is 0 Å². The van der Waals surface area contributed by atoms with Gasteiger partial charge in [0.1, 0.15) is 0 Å². The average molecular weight is 229 g/mol. The minimum atomic E-state index is 0.987. The van der Waals surface area contributed by atoms with Gasteiger partial charge in [0.05, 0.1) is 24.0 Å². The third-order valence-electron chi connectivity index (χ3n) is 3.58. The molecule has 17 heavy (non-hydrogen) atoms. The molecule has 0 aliphatic carbocycles. The summed E-state index contributed by atoms with van der Waals surface area (Å²) in [6.07, 6.45) is 7.43. The van der Waals surface area contributed by atoms with E-state index in [1.165, 1.54) is 44.3 Å². The number of fused-ring (bicyclic) bond motifs is 1. The molecule has 0 saturated carbocycles. The Kier molecular flexibility index (Phi) is 3.10. The fourth-order valence-corrected chi connectivity index (χ4v) is 2.62. The van der Waals surface area contributed by atoms with Crippen molar-refractivity contribution in [3.63, 3.8) is 0 Å². The number of para-hydroxylation sites is 2. The highest BCUT2D eigenvalue weighted by Gasteiger charge is 2.10. The number of aromatic nitrogens is 2. The van der Waals surface area contributed by atoms with Crippen molar-refractivity contribution < 1.29 is 0 Å². The Morgan fingerprint density at radius 2 is 1.76 bits per heavy atom. The highest BCUT2D eigenvalue weighted by atomic mass is 15.3. The molecular weight excluding hydrogens is 210 g/mol. The third-order valence-corrected chi connectivity index (χ3v) is 3.58. The Bertz CT molecular complexity index is 481. The maximum atomic E-state index is 4.44. The van der Waals surface area contributed by atoms with Crippen LogP contribution in [0.15, 0.2) is 30.6 Å². The first kappa shape index (κ1) is 10.8. The lowest BCUT2D eigenvalue weighted by molar-refractivity contribution is 0.230. The number of benzene rings is 1. The summed E-state index contributed by atoms with van der Waals surface area (Å²) in [6, 6.07) is 8.36. The molecule has 0 radical (unpaired) electrons. The van der Waals surface area contributed by atoms with E-state index in [1.807, 2.05) is 12.4 Å². The predicted octanol–water partition coefficient (Wildman–Crippen LogP) is 2.87. The second-order valence-electron chi connectivity index (χ2n) is 4.88. The lowest BCUT2D eigenvalue weighted by Gasteiger charge is -2.20. The van der Waals surface area contributed by atoms with E-state index < -0.39 is 0 Å². The average Bonchev–Trinajstić information content (AvgIpc) is 2.59. The van der Waals surface area contributed by atoms with Gasteiger partial charge in [-0.25, -0.2) is 4.98 Å². The molecule has 90 valence electrons. The summed E-state index contributed by atoms with van der Waals surface area (Å²) in [5.74, 6) is 0. The van der Waals surface area contributed by atoms with E-state index in [2.05, 4.69) is 32.7 Å². The van der Waals surface area contributed by atoms with Gasteiger partial charge in [-0.3, -0.25) is 4.90 Å². The van der Waals surface area contributed by atoms with Crippen LogP contribution in [0.1, 0.15) is 25.7 Å². The summed E-state index contributed by atoms with van der Waals surface area (Å²) in [6.45, 7) is 3.44. The molecule has 3 heteroatoms. The lowest BCUT2D eigenvalue weighted by Crippen LogP contribution is -2.27. The van der Waals surface area contributed by atoms with E-state index in [9.17, 15) is 0 Å². The maximum Gasteiger partial charge on any atom is 0.0969 e. The second kappa shape index (κ2) is 4.88. The van der Waals surface area contributed by atoms with Gasteiger partial charge in [-0.15, -0.1) is 0 Å². The highest BCUT2D eigenvalue weighted by molar-refractivity contribution is 5.74. The van der Waals surface area contributed by atoms with Crippen molar-refractivity contribution in [2.45, 2.75) is 32.4 Å². The van der Waals surface area contributed by atoms with Gasteiger partial charge in [0.2, 0.25) is 0 Å². The van der Waals surface area contributed by atoms with Crippen LogP contribution >= 0.6 is 0 Å². The molecule has 0 unspecified atom stereocenters. The van der Waals surface area contributed by atoms with E-state index in [4.69, 9.17) is 0 Å². The van der Waals surface area contributed by atoms with E-state index in [0.717, 1.165) is 12.2 Å². The number of imidazole rings is 1. The van der Waals surface area contributed by atoms with Gasteiger partial charge in [0, 0.05) is 0 Å². The summed E-state index contributed by atoms with van der Waals surface area (Å²) >= 11 is 0. The third kappa shape index (κ3) is 2.34. The van der Waals surface area contributed by atoms with Gasteiger partial charge in [-0.2, -0.15) is 0 Å². The molecular formula is C14H19N3. The second-order valence-corrected chi connectivity index (χ2v) is 4.88. The van der Waals surface area contributed by atoms with Crippen LogP contribution in [0.3, 0.4) is 0 Å². The van der Waals surface area contributed by atoms with Crippen molar-refractivity contribution in [1.82, 2.24) is 14.5 Å². The van der Waals surface area contributed by atoms with E-state index in [0.29, 0.717) is 0 Å². The zero-order valence-corrected chi connectivity index (χ0v) is 10.2.